The van der Waals surface area contributed by atoms with E-state index >= 15 is 0 Å². The van der Waals surface area contributed by atoms with Crippen LogP contribution in [0.4, 0.5) is 5.69 Å². The summed E-state index contributed by atoms with van der Waals surface area (Å²) in [6.07, 6.45) is 1.61. The van der Waals surface area contributed by atoms with Crippen LogP contribution in [-0.4, -0.2) is 46.9 Å². The van der Waals surface area contributed by atoms with Crippen molar-refractivity contribution in [1.29, 1.82) is 0 Å². The number of carbonyl (C=O) groups is 1. The minimum Gasteiger partial charge on any atom is -0.379 e. The molecule has 0 aliphatic carbocycles. The first kappa shape index (κ1) is 14.7. The van der Waals surface area contributed by atoms with Crippen molar-refractivity contribution in [3.63, 3.8) is 0 Å². The molecule has 6 heteroatoms. The summed E-state index contributed by atoms with van der Waals surface area (Å²) in [5.41, 5.74) is 2.53. The van der Waals surface area contributed by atoms with Crippen LogP contribution >= 0.6 is 0 Å². The summed E-state index contributed by atoms with van der Waals surface area (Å²) < 4.78 is 6.92. The quantitative estimate of drug-likeness (QED) is 0.930. The second-order valence-electron chi connectivity index (χ2n) is 5.38. The molecule has 0 bridgehead atoms. The Hall–Kier alpha value is -2.18. The molecule has 2 heterocycles. The van der Waals surface area contributed by atoms with Gasteiger partial charge in [0, 0.05) is 38.6 Å². The lowest BCUT2D eigenvalue weighted by molar-refractivity contribution is 0.0342. The molecule has 22 heavy (non-hydrogen) atoms. The molecular weight excluding hydrogens is 280 g/mol. The van der Waals surface area contributed by atoms with Crippen LogP contribution in [0.25, 0.3) is 0 Å². The SMILES string of the molecule is Cn1nccc1C(=O)Nc1cccc(CN2CCOCC2)c1. The summed E-state index contributed by atoms with van der Waals surface area (Å²) >= 11 is 0. The summed E-state index contributed by atoms with van der Waals surface area (Å²) in [4.78, 5) is 14.6. The molecule has 1 aliphatic rings. The van der Waals surface area contributed by atoms with E-state index in [1.807, 2.05) is 18.2 Å². The zero-order chi connectivity index (χ0) is 15.4. The highest BCUT2D eigenvalue weighted by atomic mass is 16.5. The van der Waals surface area contributed by atoms with Crippen molar-refractivity contribution < 1.29 is 9.53 Å². The molecule has 0 radical (unpaired) electrons. The first-order valence-electron chi connectivity index (χ1n) is 7.41. The number of amides is 1. The van der Waals surface area contributed by atoms with E-state index in [-0.39, 0.29) is 5.91 Å². The fourth-order valence-electron chi connectivity index (χ4n) is 2.56. The van der Waals surface area contributed by atoms with Crippen molar-refractivity contribution in [2.75, 3.05) is 31.6 Å². The van der Waals surface area contributed by atoms with Gasteiger partial charge < -0.3 is 10.1 Å². The van der Waals surface area contributed by atoms with E-state index in [0.29, 0.717) is 5.69 Å². The van der Waals surface area contributed by atoms with Gasteiger partial charge in [0.05, 0.1) is 13.2 Å². The molecule has 6 nitrogen and oxygen atoms in total. The molecule has 116 valence electrons. The van der Waals surface area contributed by atoms with Crippen molar-refractivity contribution in [2.24, 2.45) is 7.05 Å². The lowest BCUT2D eigenvalue weighted by Crippen LogP contribution is -2.35. The normalized spacial score (nSPS) is 15.7. The lowest BCUT2D eigenvalue weighted by Gasteiger charge is -2.26. The Morgan fingerprint density at radius 2 is 2.14 bits per heavy atom. The van der Waals surface area contributed by atoms with Gasteiger partial charge in [-0.1, -0.05) is 12.1 Å². The van der Waals surface area contributed by atoms with Crippen LogP contribution in [0.5, 0.6) is 0 Å². The number of anilines is 1. The van der Waals surface area contributed by atoms with E-state index < -0.39 is 0 Å². The van der Waals surface area contributed by atoms with Crippen molar-refractivity contribution in [2.45, 2.75) is 6.54 Å². The number of hydrogen-bond donors (Lipinski definition) is 1. The van der Waals surface area contributed by atoms with Gasteiger partial charge in [0.25, 0.3) is 5.91 Å². The average molecular weight is 300 g/mol. The summed E-state index contributed by atoms with van der Waals surface area (Å²) in [5, 5.41) is 6.93. The van der Waals surface area contributed by atoms with Gasteiger partial charge in [-0.2, -0.15) is 5.10 Å². The molecule has 0 spiro atoms. The molecule has 1 saturated heterocycles. The maximum absolute atomic E-state index is 12.2. The van der Waals surface area contributed by atoms with E-state index in [9.17, 15) is 4.79 Å². The molecule has 1 amide bonds. The number of ether oxygens (including phenoxy) is 1. The molecular formula is C16H20N4O2. The number of hydrogen-bond acceptors (Lipinski definition) is 4. The average Bonchev–Trinajstić information content (AvgIpc) is 2.95. The van der Waals surface area contributed by atoms with Gasteiger partial charge in [-0.05, 0) is 23.8 Å². The molecule has 1 N–H and O–H groups in total. The number of nitrogens with zero attached hydrogens (tertiary/aromatic N) is 3. The minimum absolute atomic E-state index is 0.150. The van der Waals surface area contributed by atoms with Crippen molar-refractivity contribution >= 4 is 11.6 Å². The van der Waals surface area contributed by atoms with Crippen LogP contribution in [0.1, 0.15) is 16.1 Å². The highest BCUT2D eigenvalue weighted by Gasteiger charge is 2.12. The highest BCUT2D eigenvalue weighted by Crippen LogP contribution is 2.14. The Kier molecular flexibility index (Phi) is 4.50. The Morgan fingerprint density at radius 3 is 2.86 bits per heavy atom. The number of rotatable bonds is 4. The fraction of sp³-hybridized carbons (Fsp3) is 0.375. The summed E-state index contributed by atoms with van der Waals surface area (Å²) in [6, 6.07) is 9.66. The van der Waals surface area contributed by atoms with Crippen molar-refractivity contribution in [3.8, 4) is 0 Å². The number of nitrogens with one attached hydrogen (secondary N) is 1. The Morgan fingerprint density at radius 1 is 1.32 bits per heavy atom. The lowest BCUT2D eigenvalue weighted by atomic mass is 10.1. The van der Waals surface area contributed by atoms with Gasteiger partial charge in [0.2, 0.25) is 0 Å². The number of morpholine rings is 1. The smallest absolute Gasteiger partial charge is 0.273 e. The van der Waals surface area contributed by atoms with Gasteiger partial charge in [-0.15, -0.1) is 0 Å². The molecule has 1 fully saturated rings. The summed E-state index contributed by atoms with van der Waals surface area (Å²) in [6.45, 7) is 4.35. The topological polar surface area (TPSA) is 59.4 Å². The van der Waals surface area contributed by atoms with Crippen molar-refractivity contribution in [3.05, 3.63) is 47.8 Å². The van der Waals surface area contributed by atoms with Crippen LogP contribution in [0.2, 0.25) is 0 Å². The second kappa shape index (κ2) is 6.72. The van der Waals surface area contributed by atoms with Gasteiger partial charge >= 0.3 is 0 Å². The Balaban J connectivity index is 1.66. The zero-order valence-electron chi connectivity index (χ0n) is 12.7. The van der Waals surface area contributed by atoms with E-state index in [1.165, 1.54) is 5.56 Å². The molecule has 2 aromatic rings. The molecule has 0 saturated carbocycles. The van der Waals surface area contributed by atoms with E-state index in [2.05, 4.69) is 21.4 Å². The largest absolute Gasteiger partial charge is 0.379 e. The summed E-state index contributed by atoms with van der Waals surface area (Å²) in [7, 11) is 1.75. The minimum atomic E-state index is -0.150. The van der Waals surface area contributed by atoms with Crippen molar-refractivity contribution in [1.82, 2.24) is 14.7 Å². The standard InChI is InChI=1S/C16H20N4O2/c1-19-15(5-6-17-19)16(21)18-14-4-2-3-13(11-14)12-20-7-9-22-10-8-20/h2-6,11H,7-10,12H2,1H3,(H,18,21). The third kappa shape index (κ3) is 3.52. The van der Waals surface area contributed by atoms with Gasteiger partial charge in [0.15, 0.2) is 0 Å². The first-order valence-corrected chi connectivity index (χ1v) is 7.41. The molecule has 3 rings (SSSR count). The van der Waals surface area contributed by atoms with Gasteiger partial charge in [0.1, 0.15) is 5.69 Å². The molecule has 1 aromatic heterocycles. The second-order valence-corrected chi connectivity index (χ2v) is 5.38. The maximum Gasteiger partial charge on any atom is 0.273 e. The number of aromatic nitrogens is 2. The van der Waals surface area contributed by atoms with Crippen LogP contribution < -0.4 is 5.32 Å². The fourth-order valence-corrected chi connectivity index (χ4v) is 2.56. The zero-order valence-corrected chi connectivity index (χ0v) is 12.7. The first-order chi connectivity index (χ1) is 10.7. The van der Waals surface area contributed by atoms with Crippen LogP contribution in [0.15, 0.2) is 36.5 Å². The number of aryl methyl sites for hydroxylation is 1. The molecule has 1 aromatic carbocycles. The predicted octanol–water partition coefficient (Wildman–Crippen LogP) is 1.50. The third-order valence-electron chi connectivity index (χ3n) is 3.75. The van der Waals surface area contributed by atoms with Gasteiger partial charge in [-0.3, -0.25) is 14.4 Å². The third-order valence-corrected chi connectivity index (χ3v) is 3.75. The predicted molar refractivity (Wildman–Crippen MR) is 83.7 cm³/mol. The Bertz CT molecular complexity index is 647. The van der Waals surface area contributed by atoms with E-state index in [0.717, 1.165) is 38.5 Å². The molecule has 0 atom stereocenters. The number of carbonyl (C=O) groups excluding carboxylic acids is 1. The molecule has 0 unspecified atom stereocenters. The maximum atomic E-state index is 12.2. The van der Waals surface area contributed by atoms with Gasteiger partial charge in [-0.25, -0.2) is 0 Å². The summed E-state index contributed by atoms with van der Waals surface area (Å²) in [5.74, 6) is -0.150. The van der Waals surface area contributed by atoms with E-state index in [4.69, 9.17) is 4.74 Å². The monoisotopic (exact) mass is 300 g/mol. The number of benzene rings is 1. The van der Waals surface area contributed by atoms with Crippen LogP contribution in [0, 0.1) is 0 Å². The molecule has 1 aliphatic heterocycles. The van der Waals surface area contributed by atoms with Crippen LogP contribution in [0.3, 0.4) is 0 Å². The van der Waals surface area contributed by atoms with E-state index in [1.54, 1.807) is 24.0 Å². The highest BCUT2D eigenvalue weighted by molar-refractivity contribution is 6.03. The van der Waals surface area contributed by atoms with Crippen LogP contribution in [-0.2, 0) is 18.3 Å². The Labute approximate surface area is 129 Å².